The second-order valence-corrected chi connectivity index (χ2v) is 5.58. The van der Waals surface area contributed by atoms with Crippen LogP contribution in [0.15, 0.2) is 24.3 Å². The Morgan fingerprint density at radius 3 is 2.50 bits per heavy atom. The van der Waals surface area contributed by atoms with E-state index in [1.807, 2.05) is 0 Å². The summed E-state index contributed by atoms with van der Waals surface area (Å²) in [4.78, 5) is 12.3. The van der Waals surface area contributed by atoms with Gasteiger partial charge in [0.1, 0.15) is 0 Å². The van der Waals surface area contributed by atoms with Crippen LogP contribution in [-0.2, 0) is 4.79 Å². The van der Waals surface area contributed by atoms with Gasteiger partial charge >= 0.3 is 0 Å². The average Bonchev–Trinajstić information content (AvgIpc) is 2.70. The quantitative estimate of drug-likeness (QED) is 0.787. The van der Waals surface area contributed by atoms with E-state index in [1.54, 1.807) is 0 Å². The van der Waals surface area contributed by atoms with Crippen molar-refractivity contribution in [1.82, 2.24) is 10.6 Å². The Morgan fingerprint density at radius 2 is 1.83 bits per heavy atom. The normalized spacial score (nSPS) is 26.3. The number of hydrogen-bond acceptors (Lipinski definition) is 2. The molecule has 1 spiro atoms. The molecule has 0 aromatic heterocycles. The van der Waals surface area contributed by atoms with Crippen LogP contribution >= 0.6 is 0 Å². The van der Waals surface area contributed by atoms with Gasteiger partial charge in [0.05, 0.1) is 5.41 Å². The van der Waals surface area contributed by atoms with E-state index in [0.717, 1.165) is 32.5 Å². The van der Waals surface area contributed by atoms with E-state index in [1.165, 1.54) is 11.1 Å². The second kappa shape index (κ2) is 4.39. The fourth-order valence-electron chi connectivity index (χ4n) is 3.41. The molecular weight excluding hydrogens is 224 g/mol. The zero-order chi connectivity index (χ0) is 12.6. The Kier molecular flexibility index (Phi) is 2.86. The van der Waals surface area contributed by atoms with E-state index in [9.17, 15) is 4.79 Å². The fourth-order valence-corrected chi connectivity index (χ4v) is 3.41. The van der Waals surface area contributed by atoms with E-state index < -0.39 is 0 Å². The highest BCUT2D eigenvalue weighted by atomic mass is 16.2. The average molecular weight is 244 g/mol. The lowest BCUT2D eigenvalue weighted by Crippen LogP contribution is -2.44. The van der Waals surface area contributed by atoms with Gasteiger partial charge in [0.15, 0.2) is 0 Å². The summed E-state index contributed by atoms with van der Waals surface area (Å²) in [6, 6.07) is 8.66. The number of nitrogens with one attached hydrogen (secondary N) is 2. The molecule has 3 heteroatoms. The first-order chi connectivity index (χ1) is 8.72. The van der Waals surface area contributed by atoms with E-state index >= 15 is 0 Å². The number of hydrogen-bond donors (Lipinski definition) is 2. The van der Waals surface area contributed by atoms with Crippen LogP contribution in [0.3, 0.4) is 0 Å². The van der Waals surface area contributed by atoms with Crippen LogP contribution < -0.4 is 10.6 Å². The smallest absolute Gasteiger partial charge is 0.227 e. The predicted octanol–water partition coefficient (Wildman–Crippen LogP) is 1.58. The monoisotopic (exact) mass is 244 g/mol. The summed E-state index contributed by atoms with van der Waals surface area (Å²) in [5.74, 6) is 0.599. The molecule has 1 unspecified atom stereocenters. The van der Waals surface area contributed by atoms with Crippen molar-refractivity contribution >= 4 is 5.91 Å². The summed E-state index contributed by atoms with van der Waals surface area (Å²) >= 11 is 0. The van der Waals surface area contributed by atoms with Gasteiger partial charge in [0.25, 0.3) is 0 Å². The molecule has 2 N–H and O–H groups in total. The predicted molar refractivity (Wildman–Crippen MR) is 71.5 cm³/mol. The minimum Gasteiger partial charge on any atom is -0.355 e. The third kappa shape index (κ3) is 1.74. The molecular formula is C15H20N2O. The summed E-state index contributed by atoms with van der Waals surface area (Å²) in [5, 5.41) is 6.43. The van der Waals surface area contributed by atoms with Crippen LogP contribution in [-0.4, -0.2) is 25.5 Å². The Labute approximate surface area is 108 Å². The third-order valence-electron chi connectivity index (χ3n) is 4.56. The molecule has 0 bridgehead atoms. The number of carbonyl (C=O) groups excluding carboxylic acids is 1. The molecule has 2 fully saturated rings. The molecule has 96 valence electrons. The minimum absolute atomic E-state index is 0.166. The minimum atomic E-state index is -0.166. The summed E-state index contributed by atoms with van der Waals surface area (Å²) in [6.45, 7) is 4.80. The molecule has 1 atom stereocenters. The molecule has 3 rings (SSSR count). The molecule has 2 aliphatic heterocycles. The van der Waals surface area contributed by atoms with Crippen LogP contribution in [0.25, 0.3) is 0 Å². The zero-order valence-corrected chi connectivity index (χ0v) is 10.8. The Hall–Kier alpha value is -1.35. The standard InChI is InChI=1S/C15H20N2O/c1-11-2-4-12(5-3-11)13-10-17-14(18)15(13)6-8-16-9-7-15/h2-5,13,16H,6-10H2,1H3,(H,17,18). The van der Waals surface area contributed by atoms with Gasteiger partial charge in [0, 0.05) is 12.5 Å². The molecule has 1 amide bonds. The number of benzene rings is 1. The van der Waals surface area contributed by atoms with E-state index in [4.69, 9.17) is 0 Å². The summed E-state index contributed by atoms with van der Waals surface area (Å²) in [5.41, 5.74) is 2.41. The van der Waals surface area contributed by atoms with Gasteiger partial charge in [-0.3, -0.25) is 4.79 Å². The van der Waals surface area contributed by atoms with Gasteiger partial charge in [-0.1, -0.05) is 29.8 Å². The SMILES string of the molecule is Cc1ccc(C2CNC(=O)C23CCNCC3)cc1. The van der Waals surface area contributed by atoms with Gasteiger partial charge in [-0.2, -0.15) is 0 Å². The van der Waals surface area contributed by atoms with Crippen molar-refractivity contribution in [3.63, 3.8) is 0 Å². The van der Waals surface area contributed by atoms with Gasteiger partial charge in [-0.05, 0) is 38.4 Å². The van der Waals surface area contributed by atoms with Crippen LogP contribution in [0.2, 0.25) is 0 Å². The largest absolute Gasteiger partial charge is 0.355 e. The van der Waals surface area contributed by atoms with E-state index in [-0.39, 0.29) is 11.3 Å². The first kappa shape index (κ1) is 11.7. The number of rotatable bonds is 1. The van der Waals surface area contributed by atoms with Gasteiger partial charge < -0.3 is 10.6 Å². The number of aryl methyl sites for hydroxylation is 1. The van der Waals surface area contributed by atoms with Gasteiger partial charge in [0.2, 0.25) is 5.91 Å². The third-order valence-corrected chi connectivity index (χ3v) is 4.56. The molecule has 1 aromatic rings. The van der Waals surface area contributed by atoms with E-state index in [2.05, 4.69) is 41.8 Å². The van der Waals surface area contributed by atoms with Gasteiger partial charge in [-0.15, -0.1) is 0 Å². The molecule has 0 aliphatic carbocycles. The number of piperidine rings is 1. The Bertz CT molecular complexity index is 446. The van der Waals surface area contributed by atoms with Crippen LogP contribution in [0.1, 0.15) is 29.9 Å². The highest BCUT2D eigenvalue weighted by molar-refractivity contribution is 5.86. The van der Waals surface area contributed by atoms with Crippen molar-refractivity contribution in [3.8, 4) is 0 Å². The lowest BCUT2D eigenvalue weighted by Gasteiger charge is -2.36. The highest BCUT2D eigenvalue weighted by Crippen LogP contribution is 2.46. The number of carbonyl (C=O) groups is 1. The molecule has 1 aromatic carbocycles. The van der Waals surface area contributed by atoms with Crippen molar-refractivity contribution < 1.29 is 4.79 Å². The Morgan fingerprint density at radius 1 is 1.17 bits per heavy atom. The second-order valence-electron chi connectivity index (χ2n) is 5.58. The maximum atomic E-state index is 12.3. The lowest BCUT2D eigenvalue weighted by molar-refractivity contribution is -0.129. The molecule has 2 aliphatic rings. The Balaban J connectivity index is 1.95. The molecule has 0 saturated carbocycles. The van der Waals surface area contributed by atoms with Crippen molar-refractivity contribution in [2.24, 2.45) is 5.41 Å². The van der Waals surface area contributed by atoms with Crippen LogP contribution in [0.5, 0.6) is 0 Å². The first-order valence-corrected chi connectivity index (χ1v) is 6.78. The summed E-state index contributed by atoms with van der Waals surface area (Å²) in [7, 11) is 0. The lowest BCUT2D eigenvalue weighted by atomic mass is 9.68. The molecule has 18 heavy (non-hydrogen) atoms. The summed E-state index contributed by atoms with van der Waals surface area (Å²) < 4.78 is 0. The zero-order valence-electron chi connectivity index (χ0n) is 10.8. The number of amides is 1. The van der Waals surface area contributed by atoms with E-state index in [0.29, 0.717) is 5.92 Å². The van der Waals surface area contributed by atoms with Crippen molar-refractivity contribution in [1.29, 1.82) is 0 Å². The van der Waals surface area contributed by atoms with Crippen LogP contribution in [0, 0.1) is 12.3 Å². The molecule has 2 saturated heterocycles. The van der Waals surface area contributed by atoms with Crippen molar-refractivity contribution in [3.05, 3.63) is 35.4 Å². The molecule has 0 radical (unpaired) electrons. The van der Waals surface area contributed by atoms with Crippen molar-refractivity contribution in [2.45, 2.75) is 25.7 Å². The van der Waals surface area contributed by atoms with Crippen molar-refractivity contribution in [2.75, 3.05) is 19.6 Å². The fraction of sp³-hybridized carbons (Fsp3) is 0.533. The molecule has 2 heterocycles. The maximum Gasteiger partial charge on any atom is 0.227 e. The van der Waals surface area contributed by atoms with Gasteiger partial charge in [-0.25, -0.2) is 0 Å². The van der Waals surface area contributed by atoms with Crippen LogP contribution in [0.4, 0.5) is 0 Å². The first-order valence-electron chi connectivity index (χ1n) is 6.78. The topological polar surface area (TPSA) is 41.1 Å². The molecule has 3 nitrogen and oxygen atoms in total. The maximum absolute atomic E-state index is 12.3. The summed E-state index contributed by atoms with van der Waals surface area (Å²) in [6.07, 6.45) is 1.91. The highest BCUT2D eigenvalue weighted by Gasteiger charge is 2.50.